The van der Waals surface area contributed by atoms with Crippen molar-refractivity contribution >= 4 is 24.3 Å². The zero-order valence-corrected chi connectivity index (χ0v) is 12.4. The Labute approximate surface area is 121 Å². The molecule has 19 heavy (non-hydrogen) atoms. The second kappa shape index (κ2) is 9.22. The highest BCUT2D eigenvalue weighted by Crippen LogP contribution is 2.00. The summed E-state index contributed by atoms with van der Waals surface area (Å²) in [6.45, 7) is 0.862. The lowest BCUT2D eigenvalue weighted by atomic mass is 10.1. The van der Waals surface area contributed by atoms with E-state index in [1.54, 1.807) is 14.1 Å². The van der Waals surface area contributed by atoms with E-state index in [2.05, 4.69) is 27.4 Å². The van der Waals surface area contributed by atoms with Gasteiger partial charge in [0.2, 0.25) is 0 Å². The van der Waals surface area contributed by atoms with Crippen molar-refractivity contribution < 1.29 is 0 Å². The number of nitrogens with one attached hydrogen (secondary N) is 1. The Morgan fingerprint density at radius 1 is 1.21 bits per heavy atom. The Balaban J connectivity index is 0.00000324. The molecule has 0 radical (unpaired) electrons. The average molecular weight is 284 g/mol. The largest absolute Gasteiger partial charge is 0.370 e. The summed E-state index contributed by atoms with van der Waals surface area (Å²) < 4.78 is 0. The predicted molar refractivity (Wildman–Crippen MR) is 84.1 cm³/mol. The summed E-state index contributed by atoms with van der Waals surface area (Å²) in [5.41, 5.74) is 6.93. The topological polar surface area (TPSA) is 66.0 Å². The standard InChI is InChI=1S/C13H21N5.ClH/c1-15-12(14)17-13(16-2)18(3)10-9-11-7-5-4-6-8-11;/h4-8H,9-10H2,1-3H3,(H3,14,15,16,17);1H. The number of hydrogen-bond donors (Lipinski definition) is 2. The molecule has 0 aliphatic rings. The van der Waals surface area contributed by atoms with Crippen LogP contribution in [0.4, 0.5) is 0 Å². The van der Waals surface area contributed by atoms with E-state index in [1.807, 2.05) is 30.1 Å². The van der Waals surface area contributed by atoms with Crippen LogP contribution in [0.5, 0.6) is 0 Å². The van der Waals surface area contributed by atoms with E-state index in [4.69, 9.17) is 5.73 Å². The summed E-state index contributed by atoms with van der Waals surface area (Å²) in [5.74, 6) is 1.08. The monoisotopic (exact) mass is 283 g/mol. The van der Waals surface area contributed by atoms with Crippen LogP contribution in [-0.2, 0) is 6.42 Å². The first-order chi connectivity index (χ1) is 8.67. The number of aliphatic imine (C=N–C) groups is 2. The van der Waals surface area contributed by atoms with Gasteiger partial charge in [0.15, 0.2) is 11.9 Å². The molecule has 0 unspecified atom stereocenters. The molecule has 0 heterocycles. The van der Waals surface area contributed by atoms with Crippen molar-refractivity contribution in [3.05, 3.63) is 35.9 Å². The van der Waals surface area contributed by atoms with E-state index in [9.17, 15) is 0 Å². The fraction of sp³-hybridized carbons (Fsp3) is 0.385. The molecule has 0 saturated heterocycles. The number of rotatable bonds is 3. The molecular weight excluding hydrogens is 262 g/mol. The van der Waals surface area contributed by atoms with E-state index in [0.29, 0.717) is 11.9 Å². The summed E-state index contributed by atoms with van der Waals surface area (Å²) >= 11 is 0. The maximum Gasteiger partial charge on any atom is 0.200 e. The number of halogens is 1. The molecule has 0 amide bonds. The van der Waals surface area contributed by atoms with Crippen molar-refractivity contribution in [1.82, 2.24) is 10.2 Å². The van der Waals surface area contributed by atoms with E-state index in [0.717, 1.165) is 13.0 Å². The van der Waals surface area contributed by atoms with Crippen LogP contribution in [0, 0.1) is 0 Å². The van der Waals surface area contributed by atoms with Crippen LogP contribution in [0.1, 0.15) is 5.56 Å². The van der Waals surface area contributed by atoms with Crippen LogP contribution in [0.25, 0.3) is 0 Å². The molecule has 3 N–H and O–H groups in total. The number of guanidine groups is 2. The van der Waals surface area contributed by atoms with Gasteiger partial charge in [-0.15, -0.1) is 12.4 Å². The molecule has 0 bridgehead atoms. The van der Waals surface area contributed by atoms with E-state index >= 15 is 0 Å². The fourth-order valence-corrected chi connectivity index (χ4v) is 1.54. The van der Waals surface area contributed by atoms with Crippen LogP contribution in [0.15, 0.2) is 40.3 Å². The number of nitrogens with zero attached hydrogens (tertiary/aromatic N) is 3. The van der Waals surface area contributed by atoms with Crippen molar-refractivity contribution in [2.45, 2.75) is 6.42 Å². The first kappa shape index (κ1) is 17.2. The van der Waals surface area contributed by atoms with Crippen LogP contribution < -0.4 is 11.1 Å². The molecule has 0 fully saturated rings. The van der Waals surface area contributed by atoms with Gasteiger partial charge in [-0.3, -0.25) is 15.3 Å². The molecule has 0 aliphatic carbocycles. The molecule has 1 aromatic carbocycles. The second-order valence-electron chi connectivity index (χ2n) is 3.94. The van der Waals surface area contributed by atoms with Crippen LogP contribution >= 0.6 is 12.4 Å². The van der Waals surface area contributed by atoms with Crippen molar-refractivity contribution in [2.24, 2.45) is 15.7 Å². The van der Waals surface area contributed by atoms with Gasteiger partial charge in [0, 0.05) is 27.7 Å². The molecule has 1 aromatic rings. The van der Waals surface area contributed by atoms with Crippen molar-refractivity contribution in [3.63, 3.8) is 0 Å². The fourth-order valence-electron chi connectivity index (χ4n) is 1.54. The van der Waals surface area contributed by atoms with E-state index in [1.165, 1.54) is 5.56 Å². The lowest BCUT2D eigenvalue weighted by Gasteiger charge is -2.21. The van der Waals surface area contributed by atoms with Gasteiger partial charge in [0.25, 0.3) is 0 Å². The first-order valence-corrected chi connectivity index (χ1v) is 5.88. The smallest absolute Gasteiger partial charge is 0.200 e. The van der Waals surface area contributed by atoms with Gasteiger partial charge >= 0.3 is 0 Å². The zero-order valence-electron chi connectivity index (χ0n) is 11.6. The van der Waals surface area contributed by atoms with Gasteiger partial charge in [-0.1, -0.05) is 30.3 Å². The normalized spacial score (nSPS) is 11.7. The number of likely N-dealkylation sites (N-methyl/N-ethyl adjacent to an activating group) is 1. The predicted octanol–water partition coefficient (Wildman–Crippen LogP) is 1.10. The number of nitrogens with two attached hydrogens (primary N) is 1. The summed E-state index contributed by atoms with van der Waals surface area (Å²) in [5, 5.41) is 2.96. The summed E-state index contributed by atoms with van der Waals surface area (Å²) in [4.78, 5) is 10.0. The van der Waals surface area contributed by atoms with Crippen LogP contribution in [-0.4, -0.2) is 44.5 Å². The zero-order chi connectivity index (χ0) is 13.4. The third-order valence-corrected chi connectivity index (χ3v) is 2.63. The first-order valence-electron chi connectivity index (χ1n) is 5.88. The molecule has 0 spiro atoms. The maximum atomic E-state index is 5.63. The van der Waals surface area contributed by atoms with Gasteiger partial charge in [0.1, 0.15) is 0 Å². The van der Waals surface area contributed by atoms with Crippen molar-refractivity contribution in [2.75, 3.05) is 27.7 Å². The highest BCUT2D eigenvalue weighted by molar-refractivity contribution is 5.97. The lowest BCUT2D eigenvalue weighted by molar-refractivity contribution is 0.495. The van der Waals surface area contributed by atoms with Crippen LogP contribution in [0.2, 0.25) is 0 Å². The van der Waals surface area contributed by atoms with Crippen molar-refractivity contribution in [1.29, 1.82) is 0 Å². The Morgan fingerprint density at radius 2 is 1.84 bits per heavy atom. The highest BCUT2D eigenvalue weighted by Gasteiger charge is 2.06. The molecule has 0 saturated carbocycles. The van der Waals surface area contributed by atoms with Gasteiger partial charge in [0.05, 0.1) is 0 Å². The minimum Gasteiger partial charge on any atom is -0.370 e. The van der Waals surface area contributed by atoms with Crippen molar-refractivity contribution in [3.8, 4) is 0 Å². The maximum absolute atomic E-state index is 5.63. The third kappa shape index (κ3) is 6.10. The van der Waals surface area contributed by atoms with Gasteiger partial charge in [-0.05, 0) is 12.0 Å². The molecular formula is C13H22ClN5. The van der Waals surface area contributed by atoms with Gasteiger partial charge in [-0.2, -0.15) is 0 Å². The molecule has 106 valence electrons. The Morgan fingerprint density at radius 3 is 2.37 bits per heavy atom. The Hall–Kier alpha value is -1.75. The second-order valence-corrected chi connectivity index (χ2v) is 3.94. The Kier molecular flexibility index (Phi) is 8.37. The minimum atomic E-state index is 0. The average Bonchev–Trinajstić information content (AvgIpc) is 2.42. The summed E-state index contributed by atoms with van der Waals surface area (Å²) in [6, 6.07) is 10.3. The number of hydrogen-bond acceptors (Lipinski definition) is 2. The summed E-state index contributed by atoms with van der Waals surface area (Å²) in [7, 11) is 5.34. The molecule has 5 nitrogen and oxygen atoms in total. The van der Waals surface area contributed by atoms with Gasteiger partial charge in [-0.25, -0.2) is 0 Å². The lowest BCUT2D eigenvalue weighted by Crippen LogP contribution is -2.46. The molecule has 0 atom stereocenters. The summed E-state index contributed by atoms with van der Waals surface area (Å²) in [6.07, 6.45) is 0.960. The van der Waals surface area contributed by atoms with E-state index < -0.39 is 0 Å². The molecule has 0 aliphatic heterocycles. The SMILES string of the molecule is CN=C(N)NC(=NC)N(C)CCc1ccccc1.Cl. The molecule has 1 rings (SSSR count). The van der Waals surface area contributed by atoms with Crippen LogP contribution in [0.3, 0.4) is 0 Å². The Bertz CT molecular complexity index is 416. The molecule has 0 aromatic heterocycles. The van der Waals surface area contributed by atoms with E-state index in [-0.39, 0.29) is 12.4 Å². The third-order valence-electron chi connectivity index (χ3n) is 2.63. The molecule has 6 heteroatoms. The highest BCUT2D eigenvalue weighted by atomic mass is 35.5. The quantitative estimate of drug-likeness (QED) is 0.645. The number of benzene rings is 1. The minimum absolute atomic E-state index is 0. The van der Waals surface area contributed by atoms with Gasteiger partial charge < -0.3 is 10.6 Å².